The molecule has 4 aromatic rings. The molecule has 0 bridgehead atoms. The first-order chi connectivity index (χ1) is 16.4. The van der Waals surface area contributed by atoms with Crippen LogP contribution < -0.4 is 16.2 Å². The number of benzene rings is 2. The van der Waals surface area contributed by atoms with Crippen molar-refractivity contribution in [3.05, 3.63) is 76.6 Å². The fourth-order valence-electron chi connectivity index (χ4n) is 3.68. The zero-order chi connectivity index (χ0) is 24.2. The Balaban J connectivity index is 1.46. The van der Waals surface area contributed by atoms with Gasteiger partial charge in [0.2, 0.25) is 17.6 Å². The number of carbonyl (C=O) groups excluding carboxylic acids is 2. The molecule has 174 valence electrons. The first-order valence-corrected chi connectivity index (χ1v) is 11.6. The highest BCUT2D eigenvalue weighted by atomic mass is 32.2. The number of aromatic nitrogens is 4. The van der Waals surface area contributed by atoms with Crippen LogP contribution in [-0.2, 0) is 16.1 Å². The predicted octanol–water partition coefficient (Wildman–Crippen LogP) is 2.69. The molecular formula is C24H24N6O3S. The van der Waals surface area contributed by atoms with Gasteiger partial charge in [-0.3, -0.25) is 23.4 Å². The van der Waals surface area contributed by atoms with E-state index in [0.29, 0.717) is 21.8 Å². The Kier molecular flexibility index (Phi) is 6.78. The fraction of sp³-hybridized carbons (Fsp3) is 0.208. The van der Waals surface area contributed by atoms with Crippen LogP contribution in [0.3, 0.4) is 0 Å². The third kappa shape index (κ3) is 4.58. The number of para-hydroxylation sites is 2. The average Bonchev–Trinajstić information content (AvgIpc) is 3.25. The lowest BCUT2D eigenvalue weighted by molar-refractivity contribution is -0.122. The summed E-state index contributed by atoms with van der Waals surface area (Å²) in [6.45, 7) is 7.68. The highest BCUT2D eigenvalue weighted by Crippen LogP contribution is 2.22. The van der Waals surface area contributed by atoms with Gasteiger partial charge in [-0.1, -0.05) is 48.2 Å². The molecule has 0 aliphatic rings. The summed E-state index contributed by atoms with van der Waals surface area (Å²) in [5, 5.41) is 14.8. The molecule has 0 radical (unpaired) electrons. The molecule has 0 aliphatic heterocycles. The Labute approximate surface area is 199 Å². The van der Waals surface area contributed by atoms with Crippen LogP contribution >= 0.6 is 11.8 Å². The van der Waals surface area contributed by atoms with Crippen molar-refractivity contribution in [2.24, 2.45) is 0 Å². The summed E-state index contributed by atoms with van der Waals surface area (Å²) < 4.78 is 3.25. The molecule has 9 nitrogen and oxygen atoms in total. The number of anilines is 1. The minimum absolute atomic E-state index is 0.0341. The minimum atomic E-state index is -0.317. The van der Waals surface area contributed by atoms with Crippen LogP contribution in [0.4, 0.5) is 5.69 Å². The SMILES string of the molecule is C=CCn1c(=O)c2ccccc2n2c(SCC(=O)NCC(=O)Nc3c(C)cccc3C)nnc12. The van der Waals surface area contributed by atoms with E-state index in [4.69, 9.17) is 0 Å². The molecule has 0 fully saturated rings. The molecule has 2 amide bonds. The van der Waals surface area contributed by atoms with E-state index in [-0.39, 0.29) is 36.2 Å². The lowest BCUT2D eigenvalue weighted by Gasteiger charge is -2.12. The van der Waals surface area contributed by atoms with Gasteiger partial charge in [-0.25, -0.2) is 0 Å². The quantitative estimate of drug-likeness (QED) is 0.299. The first kappa shape index (κ1) is 23.2. The number of nitrogens with zero attached hydrogens (tertiary/aromatic N) is 4. The average molecular weight is 477 g/mol. The second-order valence-corrected chi connectivity index (χ2v) is 8.66. The normalized spacial score (nSPS) is 11.0. The third-order valence-electron chi connectivity index (χ3n) is 5.31. The molecule has 0 spiro atoms. The smallest absolute Gasteiger partial charge is 0.263 e. The summed E-state index contributed by atoms with van der Waals surface area (Å²) in [7, 11) is 0. The number of thioether (sulfide) groups is 1. The Morgan fingerprint density at radius 2 is 1.79 bits per heavy atom. The molecule has 2 aromatic carbocycles. The van der Waals surface area contributed by atoms with Gasteiger partial charge < -0.3 is 10.6 Å². The zero-order valence-electron chi connectivity index (χ0n) is 18.9. The van der Waals surface area contributed by atoms with Crippen LogP contribution in [0.15, 0.2) is 65.1 Å². The summed E-state index contributed by atoms with van der Waals surface area (Å²) in [5.41, 5.74) is 3.14. The maximum absolute atomic E-state index is 12.9. The molecule has 0 saturated heterocycles. The van der Waals surface area contributed by atoms with Crippen molar-refractivity contribution in [2.75, 3.05) is 17.6 Å². The van der Waals surface area contributed by atoms with Crippen molar-refractivity contribution in [1.29, 1.82) is 0 Å². The lowest BCUT2D eigenvalue weighted by atomic mass is 10.1. The number of nitrogens with one attached hydrogen (secondary N) is 2. The summed E-state index contributed by atoms with van der Waals surface area (Å²) >= 11 is 1.18. The number of hydrogen-bond acceptors (Lipinski definition) is 6. The molecule has 2 heterocycles. The van der Waals surface area contributed by atoms with E-state index >= 15 is 0 Å². The maximum Gasteiger partial charge on any atom is 0.263 e. The molecule has 2 N–H and O–H groups in total. The van der Waals surface area contributed by atoms with Crippen molar-refractivity contribution in [3.8, 4) is 0 Å². The number of carbonyl (C=O) groups is 2. The van der Waals surface area contributed by atoms with Crippen LogP contribution in [0.25, 0.3) is 16.7 Å². The molecule has 0 atom stereocenters. The van der Waals surface area contributed by atoms with E-state index in [0.717, 1.165) is 16.8 Å². The van der Waals surface area contributed by atoms with E-state index < -0.39 is 0 Å². The second-order valence-electron chi connectivity index (χ2n) is 7.72. The van der Waals surface area contributed by atoms with Gasteiger partial charge >= 0.3 is 0 Å². The highest BCUT2D eigenvalue weighted by molar-refractivity contribution is 7.99. The molecule has 2 aromatic heterocycles. The summed E-state index contributed by atoms with van der Waals surface area (Å²) in [5.74, 6) is -0.212. The second kappa shape index (κ2) is 9.92. The van der Waals surface area contributed by atoms with Gasteiger partial charge in [0.05, 0.1) is 23.2 Å². The molecule has 34 heavy (non-hydrogen) atoms. The molecule has 0 unspecified atom stereocenters. The Hall–Kier alpha value is -3.92. The van der Waals surface area contributed by atoms with E-state index in [1.807, 2.05) is 44.2 Å². The van der Waals surface area contributed by atoms with Crippen molar-refractivity contribution in [2.45, 2.75) is 25.5 Å². The largest absolute Gasteiger partial charge is 0.346 e. The van der Waals surface area contributed by atoms with E-state index in [1.54, 1.807) is 22.6 Å². The Morgan fingerprint density at radius 3 is 2.53 bits per heavy atom. The predicted molar refractivity (Wildman–Crippen MR) is 133 cm³/mol. The van der Waals surface area contributed by atoms with Gasteiger partial charge in [-0.15, -0.1) is 16.8 Å². The van der Waals surface area contributed by atoms with Crippen molar-refractivity contribution >= 4 is 45.9 Å². The summed E-state index contributed by atoms with van der Waals surface area (Å²) in [4.78, 5) is 37.6. The highest BCUT2D eigenvalue weighted by Gasteiger charge is 2.17. The molecule has 4 rings (SSSR count). The van der Waals surface area contributed by atoms with Gasteiger partial charge in [0, 0.05) is 12.2 Å². The molecule has 10 heteroatoms. The van der Waals surface area contributed by atoms with Crippen molar-refractivity contribution in [3.63, 3.8) is 0 Å². The van der Waals surface area contributed by atoms with Gasteiger partial charge in [0.25, 0.3) is 5.56 Å². The van der Waals surface area contributed by atoms with E-state index in [9.17, 15) is 14.4 Å². The third-order valence-corrected chi connectivity index (χ3v) is 6.24. The number of rotatable bonds is 8. The standard InChI is InChI=1S/C24H24N6O3S/c1-4-12-29-22(33)17-10-5-6-11-18(17)30-23(29)27-28-24(30)34-14-20(32)25-13-19(31)26-21-15(2)8-7-9-16(21)3/h4-11H,1,12-14H2,2-3H3,(H,25,32)(H,26,31). The van der Waals surface area contributed by atoms with Crippen molar-refractivity contribution in [1.82, 2.24) is 24.5 Å². The number of aryl methyl sites for hydroxylation is 2. The van der Waals surface area contributed by atoms with E-state index in [2.05, 4.69) is 27.4 Å². The zero-order valence-corrected chi connectivity index (χ0v) is 19.7. The van der Waals surface area contributed by atoms with E-state index in [1.165, 1.54) is 16.3 Å². The van der Waals surface area contributed by atoms with Crippen LogP contribution in [0.5, 0.6) is 0 Å². The maximum atomic E-state index is 12.9. The Bertz CT molecular complexity index is 1450. The first-order valence-electron chi connectivity index (χ1n) is 10.6. The summed E-state index contributed by atoms with van der Waals surface area (Å²) in [6, 6.07) is 12.9. The number of allylic oxidation sites excluding steroid dienone is 1. The molecule has 0 aliphatic carbocycles. The molecule has 0 saturated carbocycles. The van der Waals surface area contributed by atoms with Gasteiger partial charge in [-0.2, -0.15) is 0 Å². The van der Waals surface area contributed by atoms with Gasteiger partial charge in [-0.05, 0) is 37.1 Å². The van der Waals surface area contributed by atoms with Crippen LogP contribution in [-0.4, -0.2) is 43.3 Å². The number of amides is 2. The lowest BCUT2D eigenvalue weighted by Crippen LogP contribution is -2.34. The number of fused-ring (bicyclic) bond motifs is 3. The molecular weight excluding hydrogens is 452 g/mol. The minimum Gasteiger partial charge on any atom is -0.346 e. The fourth-order valence-corrected chi connectivity index (χ4v) is 4.45. The van der Waals surface area contributed by atoms with Crippen LogP contribution in [0.2, 0.25) is 0 Å². The summed E-state index contributed by atoms with van der Waals surface area (Å²) in [6.07, 6.45) is 1.62. The Morgan fingerprint density at radius 1 is 1.06 bits per heavy atom. The van der Waals surface area contributed by atoms with Crippen molar-refractivity contribution < 1.29 is 9.59 Å². The number of hydrogen-bond donors (Lipinski definition) is 2. The van der Waals surface area contributed by atoms with Crippen LogP contribution in [0, 0.1) is 13.8 Å². The topological polar surface area (TPSA) is 110 Å². The van der Waals surface area contributed by atoms with Gasteiger partial charge in [0.15, 0.2) is 5.16 Å². The monoisotopic (exact) mass is 476 g/mol. The van der Waals surface area contributed by atoms with Gasteiger partial charge in [0.1, 0.15) is 0 Å². The van der Waals surface area contributed by atoms with Crippen LogP contribution in [0.1, 0.15) is 11.1 Å².